The summed E-state index contributed by atoms with van der Waals surface area (Å²) in [6.07, 6.45) is 1.97. The lowest BCUT2D eigenvalue weighted by atomic mass is 9.93. The second-order valence-corrected chi connectivity index (χ2v) is 4.08. The van der Waals surface area contributed by atoms with E-state index in [1.54, 1.807) is 0 Å². The van der Waals surface area contributed by atoms with Crippen molar-refractivity contribution in [2.45, 2.75) is 38.7 Å². The summed E-state index contributed by atoms with van der Waals surface area (Å²) >= 11 is 0. The Bertz CT molecular complexity index is 452. The molecule has 0 saturated heterocycles. The van der Waals surface area contributed by atoms with Crippen molar-refractivity contribution in [3.8, 4) is 11.8 Å². The number of hydrogen-bond donors (Lipinski definition) is 0. The third-order valence-electron chi connectivity index (χ3n) is 2.67. The number of nitriles is 1. The number of unbranched alkanes of at least 4 members (excludes halogenated alkanes) is 1. The molecule has 5 heteroatoms. The van der Waals surface area contributed by atoms with E-state index in [1.165, 1.54) is 24.3 Å². The van der Waals surface area contributed by atoms with Crippen molar-refractivity contribution >= 4 is 5.78 Å². The highest BCUT2D eigenvalue weighted by atomic mass is 19.3. The minimum absolute atomic E-state index is 0.0106. The third kappa shape index (κ3) is 4.66. The molecule has 0 radical (unpaired) electrons. The molecule has 0 bridgehead atoms. The Morgan fingerprint density at radius 3 is 2.47 bits per heavy atom. The smallest absolute Gasteiger partial charge is 0.387 e. The zero-order valence-corrected chi connectivity index (χ0v) is 10.6. The molecule has 3 nitrogen and oxygen atoms in total. The van der Waals surface area contributed by atoms with Crippen molar-refractivity contribution in [2.75, 3.05) is 0 Å². The average Bonchev–Trinajstić information content (AvgIpc) is 2.38. The van der Waals surface area contributed by atoms with Gasteiger partial charge in [-0.05, 0) is 24.1 Å². The quantitative estimate of drug-likeness (QED) is 0.757. The fraction of sp³-hybridized carbons (Fsp3) is 0.429. The molecule has 1 aromatic rings. The number of Topliss-reactive ketones (excluding diaryl/α,β-unsaturated/α-hetero) is 1. The normalized spacial score (nSPS) is 11.9. The molecule has 19 heavy (non-hydrogen) atoms. The molecule has 0 aliphatic carbocycles. The summed E-state index contributed by atoms with van der Waals surface area (Å²) in [4.78, 5) is 11.8. The monoisotopic (exact) mass is 267 g/mol. The molecule has 0 fully saturated rings. The fourth-order valence-corrected chi connectivity index (χ4v) is 1.67. The molecule has 0 saturated carbocycles. The van der Waals surface area contributed by atoms with Crippen molar-refractivity contribution < 1.29 is 18.3 Å². The lowest BCUT2D eigenvalue weighted by molar-refractivity contribution is -0.119. The van der Waals surface area contributed by atoms with Crippen molar-refractivity contribution in [1.29, 1.82) is 5.26 Å². The fourth-order valence-electron chi connectivity index (χ4n) is 1.67. The van der Waals surface area contributed by atoms with Crippen LogP contribution in [-0.2, 0) is 4.79 Å². The summed E-state index contributed by atoms with van der Waals surface area (Å²) in [6, 6.07) is 7.55. The number of ether oxygens (including phenoxy) is 1. The maximum atomic E-state index is 12.0. The van der Waals surface area contributed by atoms with Gasteiger partial charge in [-0.25, -0.2) is 0 Å². The first-order chi connectivity index (χ1) is 9.08. The number of nitrogens with zero attached hydrogens (tertiary/aromatic N) is 1. The Labute approximate surface area is 110 Å². The first-order valence-electron chi connectivity index (χ1n) is 6.05. The number of benzene rings is 1. The van der Waals surface area contributed by atoms with E-state index in [9.17, 15) is 13.6 Å². The molecule has 0 heterocycles. The van der Waals surface area contributed by atoms with Crippen LogP contribution in [0, 0.1) is 11.3 Å². The minimum Gasteiger partial charge on any atom is -0.435 e. The van der Waals surface area contributed by atoms with E-state index in [4.69, 9.17) is 5.26 Å². The molecule has 102 valence electrons. The number of carbonyl (C=O) groups is 1. The van der Waals surface area contributed by atoms with Gasteiger partial charge in [-0.2, -0.15) is 14.0 Å². The van der Waals surface area contributed by atoms with Crippen LogP contribution in [0.15, 0.2) is 24.3 Å². The average molecular weight is 267 g/mol. The largest absolute Gasteiger partial charge is 0.435 e. The van der Waals surface area contributed by atoms with Crippen molar-refractivity contribution in [1.82, 2.24) is 0 Å². The summed E-state index contributed by atoms with van der Waals surface area (Å²) < 4.78 is 28.2. The standard InChI is InChI=1S/C14H15F2NO2/c1-2-3-4-13(18)12(9-17)10-5-7-11(8-6-10)19-14(15)16/h5-8,12,14H,2-4H2,1H3. The highest BCUT2D eigenvalue weighted by Gasteiger charge is 2.19. The van der Waals surface area contributed by atoms with E-state index in [0.717, 1.165) is 12.8 Å². The maximum absolute atomic E-state index is 12.0. The first-order valence-corrected chi connectivity index (χ1v) is 6.05. The second-order valence-electron chi connectivity index (χ2n) is 4.08. The first kappa shape index (κ1) is 15.1. The molecule has 0 aromatic heterocycles. The van der Waals surface area contributed by atoms with E-state index in [0.29, 0.717) is 12.0 Å². The molecular formula is C14H15F2NO2. The summed E-state index contributed by atoms with van der Waals surface area (Å²) in [7, 11) is 0. The summed E-state index contributed by atoms with van der Waals surface area (Å²) in [6.45, 7) is -0.922. The lowest BCUT2D eigenvalue weighted by Crippen LogP contribution is -2.10. The Balaban J connectivity index is 2.77. The predicted octanol–water partition coefficient (Wildman–Crippen LogP) is 3.65. The van der Waals surface area contributed by atoms with E-state index in [-0.39, 0.29) is 11.5 Å². The Kier molecular flexibility index (Phi) is 5.94. The lowest BCUT2D eigenvalue weighted by Gasteiger charge is -2.09. The van der Waals surface area contributed by atoms with Gasteiger partial charge in [-0.1, -0.05) is 25.5 Å². The molecule has 1 rings (SSSR count). The van der Waals surface area contributed by atoms with Crippen molar-refractivity contribution in [2.24, 2.45) is 0 Å². The molecular weight excluding hydrogens is 252 g/mol. The van der Waals surface area contributed by atoms with Gasteiger partial charge < -0.3 is 4.74 Å². The molecule has 1 atom stereocenters. The topological polar surface area (TPSA) is 50.1 Å². The third-order valence-corrected chi connectivity index (χ3v) is 2.67. The predicted molar refractivity (Wildman–Crippen MR) is 66.0 cm³/mol. The molecule has 0 aliphatic heterocycles. The number of alkyl halides is 2. The summed E-state index contributed by atoms with van der Waals surface area (Å²) in [5.41, 5.74) is 0.505. The van der Waals surface area contributed by atoms with Gasteiger partial charge in [0.2, 0.25) is 0 Å². The zero-order chi connectivity index (χ0) is 14.3. The SMILES string of the molecule is CCCCC(=O)C(C#N)c1ccc(OC(F)F)cc1. The molecule has 0 spiro atoms. The van der Waals surface area contributed by atoms with Gasteiger partial charge >= 0.3 is 6.61 Å². The highest BCUT2D eigenvalue weighted by Crippen LogP contribution is 2.22. The maximum Gasteiger partial charge on any atom is 0.387 e. The van der Waals surface area contributed by atoms with Gasteiger partial charge in [0, 0.05) is 6.42 Å². The number of ketones is 1. The van der Waals surface area contributed by atoms with Gasteiger partial charge in [-0.15, -0.1) is 0 Å². The zero-order valence-electron chi connectivity index (χ0n) is 10.6. The van der Waals surface area contributed by atoms with Gasteiger partial charge in [0.1, 0.15) is 11.7 Å². The molecule has 1 unspecified atom stereocenters. The molecule has 0 aliphatic rings. The van der Waals surface area contributed by atoms with E-state index in [1.807, 2.05) is 13.0 Å². The van der Waals surface area contributed by atoms with Gasteiger partial charge in [0.15, 0.2) is 5.78 Å². The Morgan fingerprint density at radius 1 is 1.37 bits per heavy atom. The van der Waals surface area contributed by atoms with Crippen molar-refractivity contribution in [3.05, 3.63) is 29.8 Å². The van der Waals surface area contributed by atoms with Crippen molar-refractivity contribution in [3.63, 3.8) is 0 Å². The number of rotatable bonds is 7. The number of hydrogen-bond acceptors (Lipinski definition) is 3. The van der Waals surface area contributed by atoms with Crippen LogP contribution < -0.4 is 4.74 Å². The van der Waals surface area contributed by atoms with E-state index < -0.39 is 12.5 Å². The van der Waals surface area contributed by atoms with Crippen LogP contribution in [0.2, 0.25) is 0 Å². The summed E-state index contributed by atoms with van der Waals surface area (Å²) in [5.74, 6) is -0.976. The highest BCUT2D eigenvalue weighted by molar-refractivity contribution is 5.88. The van der Waals surface area contributed by atoms with E-state index >= 15 is 0 Å². The van der Waals surface area contributed by atoms with Crippen LogP contribution in [0.4, 0.5) is 8.78 Å². The number of halogens is 2. The van der Waals surface area contributed by atoms with Crippen LogP contribution in [0.5, 0.6) is 5.75 Å². The molecule has 0 N–H and O–H groups in total. The summed E-state index contributed by atoms with van der Waals surface area (Å²) in [5, 5.41) is 9.04. The van der Waals surface area contributed by atoms with Crippen LogP contribution in [0.1, 0.15) is 37.7 Å². The molecule has 0 amide bonds. The second kappa shape index (κ2) is 7.47. The van der Waals surface area contributed by atoms with Gasteiger partial charge in [0.25, 0.3) is 0 Å². The van der Waals surface area contributed by atoms with Gasteiger partial charge in [-0.3, -0.25) is 4.79 Å². The van der Waals surface area contributed by atoms with Crippen LogP contribution in [0.25, 0.3) is 0 Å². The van der Waals surface area contributed by atoms with Crippen LogP contribution in [-0.4, -0.2) is 12.4 Å². The number of carbonyl (C=O) groups excluding carboxylic acids is 1. The Morgan fingerprint density at radius 2 is 2.00 bits per heavy atom. The van der Waals surface area contributed by atoms with Crippen LogP contribution >= 0.6 is 0 Å². The van der Waals surface area contributed by atoms with E-state index in [2.05, 4.69) is 4.74 Å². The van der Waals surface area contributed by atoms with Gasteiger partial charge in [0.05, 0.1) is 6.07 Å². The Hall–Kier alpha value is -1.96. The van der Waals surface area contributed by atoms with Crippen LogP contribution in [0.3, 0.4) is 0 Å². The molecule has 1 aromatic carbocycles. The minimum atomic E-state index is -2.89.